The summed E-state index contributed by atoms with van der Waals surface area (Å²) < 4.78 is 1.15. The van der Waals surface area contributed by atoms with Crippen molar-refractivity contribution in [3.63, 3.8) is 0 Å². The quantitative estimate of drug-likeness (QED) is 0.890. The molecule has 0 radical (unpaired) electrons. The summed E-state index contributed by atoms with van der Waals surface area (Å²) in [6, 6.07) is 4.15. The van der Waals surface area contributed by atoms with Crippen LogP contribution in [0.4, 0.5) is 0 Å². The van der Waals surface area contributed by atoms with E-state index in [1.165, 1.54) is 4.88 Å². The van der Waals surface area contributed by atoms with E-state index < -0.39 is 0 Å². The topological polar surface area (TPSA) is 41.1 Å². The Morgan fingerprint density at radius 2 is 2.44 bits per heavy atom. The van der Waals surface area contributed by atoms with E-state index in [4.69, 9.17) is 0 Å². The zero-order valence-electron chi connectivity index (χ0n) is 10.6. The predicted molar refractivity (Wildman–Crippen MR) is 78.9 cm³/mol. The minimum absolute atomic E-state index is 0.185. The van der Waals surface area contributed by atoms with Crippen LogP contribution in [0.15, 0.2) is 15.9 Å². The van der Waals surface area contributed by atoms with Crippen molar-refractivity contribution >= 4 is 33.2 Å². The van der Waals surface area contributed by atoms with Gasteiger partial charge in [0.1, 0.15) is 0 Å². The molecule has 1 fully saturated rings. The van der Waals surface area contributed by atoms with Gasteiger partial charge in [-0.25, -0.2) is 0 Å². The Labute approximate surface area is 120 Å². The van der Waals surface area contributed by atoms with Crippen molar-refractivity contribution in [2.24, 2.45) is 5.41 Å². The number of piperidine rings is 1. The summed E-state index contributed by atoms with van der Waals surface area (Å²) in [6.45, 7) is 4.60. The highest BCUT2D eigenvalue weighted by atomic mass is 79.9. The van der Waals surface area contributed by atoms with E-state index in [2.05, 4.69) is 39.6 Å². The van der Waals surface area contributed by atoms with E-state index in [1.54, 1.807) is 11.3 Å². The highest BCUT2D eigenvalue weighted by Crippen LogP contribution is 2.25. The molecule has 0 aliphatic carbocycles. The van der Waals surface area contributed by atoms with Gasteiger partial charge in [-0.3, -0.25) is 4.79 Å². The Balaban J connectivity index is 1.77. The van der Waals surface area contributed by atoms with Crippen LogP contribution < -0.4 is 10.6 Å². The van der Waals surface area contributed by atoms with Crippen molar-refractivity contribution in [2.45, 2.75) is 26.2 Å². The molecule has 5 heteroatoms. The first-order valence-electron chi connectivity index (χ1n) is 6.33. The monoisotopic (exact) mass is 330 g/mol. The summed E-state index contributed by atoms with van der Waals surface area (Å²) in [5.41, 5.74) is -0.228. The van der Waals surface area contributed by atoms with Crippen LogP contribution in [-0.2, 0) is 11.2 Å². The lowest BCUT2D eigenvalue weighted by molar-refractivity contribution is -0.131. The number of hydrogen-bond acceptors (Lipinski definition) is 3. The number of carbonyl (C=O) groups excluding carboxylic acids is 1. The van der Waals surface area contributed by atoms with Crippen molar-refractivity contribution in [1.82, 2.24) is 10.6 Å². The third kappa shape index (κ3) is 3.56. The maximum Gasteiger partial charge on any atom is 0.227 e. The number of thiophene rings is 1. The molecular weight excluding hydrogens is 312 g/mol. The first-order valence-corrected chi connectivity index (χ1v) is 7.94. The summed E-state index contributed by atoms with van der Waals surface area (Å²) in [5, 5.41) is 6.37. The maximum absolute atomic E-state index is 12.2. The summed E-state index contributed by atoms with van der Waals surface area (Å²) in [6.07, 6.45) is 2.98. The molecule has 1 amide bonds. The van der Waals surface area contributed by atoms with Crippen molar-refractivity contribution in [3.05, 3.63) is 20.8 Å². The lowest BCUT2D eigenvalue weighted by Gasteiger charge is -2.32. The fourth-order valence-corrected chi connectivity index (χ4v) is 3.73. The minimum Gasteiger partial charge on any atom is -0.355 e. The van der Waals surface area contributed by atoms with Gasteiger partial charge < -0.3 is 10.6 Å². The number of amides is 1. The van der Waals surface area contributed by atoms with Crippen LogP contribution in [0.2, 0.25) is 0 Å². The fourth-order valence-electron chi connectivity index (χ4n) is 2.25. The van der Waals surface area contributed by atoms with Crippen LogP contribution in [0, 0.1) is 5.41 Å². The highest BCUT2D eigenvalue weighted by Gasteiger charge is 2.34. The lowest BCUT2D eigenvalue weighted by atomic mass is 9.82. The normalized spacial score (nSPS) is 23.9. The van der Waals surface area contributed by atoms with Crippen LogP contribution in [0.25, 0.3) is 0 Å². The molecule has 1 unspecified atom stereocenters. The average Bonchev–Trinajstić information content (AvgIpc) is 2.76. The molecule has 18 heavy (non-hydrogen) atoms. The zero-order valence-corrected chi connectivity index (χ0v) is 13.0. The SMILES string of the molecule is CC1(C(=O)NCCc2ccc(Br)s2)CCCNC1. The Morgan fingerprint density at radius 3 is 3.06 bits per heavy atom. The molecule has 2 heterocycles. The summed E-state index contributed by atoms with van der Waals surface area (Å²) >= 11 is 5.17. The number of rotatable bonds is 4. The fraction of sp³-hybridized carbons (Fsp3) is 0.615. The molecule has 1 aliphatic heterocycles. The number of carbonyl (C=O) groups is 1. The first kappa shape index (κ1) is 14.0. The average molecular weight is 331 g/mol. The van der Waals surface area contributed by atoms with E-state index in [0.717, 1.165) is 42.7 Å². The Bertz CT molecular complexity index is 413. The van der Waals surface area contributed by atoms with Gasteiger partial charge in [0.15, 0.2) is 0 Å². The maximum atomic E-state index is 12.2. The lowest BCUT2D eigenvalue weighted by Crippen LogP contribution is -2.49. The molecule has 0 aromatic carbocycles. The first-order chi connectivity index (χ1) is 8.60. The largest absolute Gasteiger partial charge is 0.355 e. The number of halogens is 1. The molecule has 1 aliphatic rings. The summed E-state index contributed by atoms with van der Waals surface area (Å²) in [7, 11) is 0. The Morgan fingerprint density at radius 1 is 1.61 bits per heavy atom. The molecule has 0 saturated carbocycles. The summed E-state index contributed by atoms with van der Waals surface area (Å²) in [5.74, 6) is 0.185. The second-order valence-electron chi connectivity index (χ2n) is 5.05. The molecule has 3 nitrogen and oxygen atoms in total. The van der Waals surface area contributed by atoms with Crippen molar-refractivity contribution in [3.8, 4) is 0 Å². The molecule has 1 aromatic rings. The molecular formula is C13H19BrN2OS. The molecule has 2 rings (SSSR count). The van der Waals surface area contributed by atoms with E-state index in [-0.39, 0.29) is 11.3 Å². The molecule has 1 aromatic heterocycles. The smallest absolute Gasteiger partial charge is 0.227 e. The van der Waals surface area contributed by atoms with E-state index >= 15 is 0 Å². The van der Waals surface area contributed by atoms with Crippen LogP contribution in [0.1, 0.15) is 24.6 Å². The second kappa shape index (κ2) is 6.17. The van der Waals surface area contributed by atoms with Crippen molar-refractivity contribution in [1.29, 1.82) is 0 Å². The Kier molecular flexibility index (Phi) is 4.81. The molecule has 0 spiro atoms. The van der Waals surface area contributed by atoms with Crippen molar-refractivity contribution in [2.75, 3.05) is 19.6 Å². The van der Waals surface area contributed by atoms with Crippen LogP contribution in [0.3, 0.4) is 0 Å². The van der Waals surface area contributed by atoms with Gasteiger partial charge in [0, 0.05) is 18.0 Å². The molecule has 1 saturated heterocycles. The van der Waals surface area contributed by atoms with Gasteiger partial charge in [-0.05, 0) is 60.8 Å². The third-order valence-corrected chi connectivity index (χ3v) is 5.11. The van der Waals surface area contributed by atoms with Gasteiger partial charge in [-0.15, -0.1) is 11.3 Å². The second-order valence-corrected chi connectivity index (χ2v) is 7.60. The highest BCUT2D eigenvalue weighted by molar-refractivity contribution is 9.11. The van der Waals surface area contributed by atoms with Gasteiger partial charge in [0.2, 0.25) is 5.91 Å². The van der Waals surface area contributed by atoms with Gasteiger partial charge in [0.05, 0.1) is 9.20 Å². The molecule has 2 N–H and O–H groups in total. The Hall–Kier alpha value is -0.390. The van der Waals surface area contributed by atoms with Crippen LogP contribution in [0.5, 0.6) is 0 Å². The van der Waals surface area contributed by atoms with Gasteiger partial charge in [-0.2, -0.15) is 0 Å². The van der Waals surface area contributed by atoms with Crippen molar-refractivity contribution < 1.29 is 4.79 Å². The van der Waals surface area contributed by atoms with Crippen LogP contribution in [-0.4, -0.2) is 25.5 Å². The zero-order chi connectivity index (χ0) is 13.0. The molecule has 1 atom stereocenters. The van der Waals surface area contributed by atoms with Crippen LogP contribution >= 0.6 is 27.3 Å². The standard InChI is InChI=1S/C13H19BrN2OS/c1-13(6-2-7-15-9-13)12(17)16-8-5-10-3-4-11(14)18-10/h3-4,15H,2,5-9H2,1H3,(H,16,17). The summed E-state index contributed by atoms with van der Waals surface area (Å²) in [4.78, 5) is 13.5. The van der Waals surface area contributed by atoms with E-state index in [9.17, 15) is 4.79 Å². The van der Waals surface area contributed by atoms with Gasteiger partial charge >= 0.3 is 0 Å². The van der Waals surface area contributed by atoms with E-state index in [1.807, 2.05) is 6.07 Å². The van der Waals surface area contributed by atoms with E-state index in [0.29, 0.717) is 0 Å². The third-order valence-electron chi connectivity index (χ3n) is 3.43. The molecule has 100 valence electrons. The number of hydrogen-bond donors (Lipinski definition) is 2. The molecule has 0 bridgehead atoms. The van der Waals surface area contributed by atoms with Gasteiger partial charge in [0.25, 0.3) is 0 Å². The predicted octanol–water partition coefficient (Wildman–Crippen LogP) is 2.56. The number of nitrogens with one attached hydrogen (secondary N) is 2. The van der Waals surface area contributed by atoms with Gasteiger partial charge in [-0.1, -0.05) is 0 Å². The minimum atomic E-state index is -0.228.